The van der Waals surface area contributed by atoms with E-state index in [9.17, 15) is 13.2 Å². The summed E-state index contributed by atoms with van der Waals surface area (Å²) in [5.74, 6) is -0.146. The van der Waals surface area contributed by atoms with E-state index in [1.54, 1.807) is 43.0 Å². The van der Waals surface area contributed by atoms with Gasteiger partial charge in [0.1, 0.15) is 0 Å². The van der Waals surface area contributed by atoms with Gasteiger partial charge in [0.25, 0.3) is 0 Å². The number of amides is 1. The summed E-state index contributed by atoms with van der Waals surface area (Å²) in [6, 6.07) is 6.02. The van der Waals surface area contributed by atoms with Crippen LogP contribution < -0.4 is 4.72 Å². The van der Waals surface area contributed by atoms with E-state index >= 15 is 0 Å². The molecule has 1 aromatic rings. The zero-order valence-corrected chi connectivity index (χ0v) is 13.3. The number of carbonyl (C=O) groups excluding carboxylic acids is 1. The number of hydrogen-bond acceptors (Lipinski definition) is 3. The molecule has 6 heteroatoms. The Morgan fingerprint density at radius 3 is 2.43 bits per heavy atom. The fraction of sp³-hybridized carbons (Fsp3) is 0.533. The maximum atomic E-state index is 12.4. The Labute approximate surface area is 126 Å². The average Bonchev–Trinajstić information content (AvgIpc) is 2.47. The van der Waals surface area contributed by atoms with Crippen molar-refractivity contribution in [3.05, 3.63) is 29.8 Å². The first kappa shape index (κ1) is 16.0. The molecular formula is C15H22N2O3S. The van der Waals surface area contributed by atoms with Crippen LogP contribution in [0.4, 0.5) is 0 Å². The van der Waals surface area contributed by atoms with Crippen LogP contribution in [0.3, 0.4) is 0 Å². The topological polar surface area (TPSA) is 66.5 Å². The van der Waals surface area contributed by atoms with Crippen LogP contribution in [-0.2, 0) is 14.8 Å². The summed E-state index contributed by atoms with van der Waals surface area (Å²) in [4.78, 5) is 14.3. The maximum absolute atomic E-state index is 12.4. The largest absolute Gasteiger partial charge is 0.341 e. The van der Waals surface area contributed by atoms with Gasteiger partial charge in [-0.15, -0.1) is 0 Å². The highest BCUT2D eigenvalue weighted by Crippen LogP contribution is 2.15. The van der Waals surface area contributed by atoms with E-state index in [4.69, 9.17) is 0 Å². The summed E-state index contributed by atoms with van der Waals surface area (Å²) < 4.78 is 27.2. The van der Waals surface area contributed by atoms with Gasteiger partial charge in [0.2, 0.25) is 15.9 Å². The third kappa shape index (κ3) is 3.83. The van der Waals surface area contributed by atoms with Crippen molar-refractivity contribution >= 4 is 15.9 Å². The molecule has 1 amide bonds. The molecule has 1 aliphatic heterocycles. The number of sulfonamides is 1. The molecule has 0 aromatic heterocycles. The lowest BCUT2D eigenvalue weighted by Gasteiger charge is -2.29. The van der Waals surface area contributed by atoms with Gasteiger partial charge in [0.15, 0.2) is 0 Å². The smallest absolute Gasteiger partial charge is 0.241 e. The van der Waals surface area contributed by atoms with Crippen molar-refractivity contribution in [3.63, 3.8) is 0 Å². The number of piperidine rings is 1. The van der Waals surface area contributed by atoms with E-state index in [-0.39, 0.29) is 10.8 Å². The molecule has 1 saturated heterocycles. The van der Waals surface area contributed by atoms with Gasteiger partial charge in [-0.2, -0.15) is 4.72 Å². The SMILES string of the molecule is Cc1ccccc1S(=O)(=O)NC(C)C(=O)N1CCCCC1. The van der Waals surface area contributed by atoms with Crippen molar-refractivity contribution in [2.75, 3.05) is 13.1 Å². The molecule has 1 aliphatic rings. The number of nitrogens with one attached hydrogen (secondary N) is 1. The lowest BCUT2D eigenvalue weighted by molar-refractivity contribution is -0.133. The molecule has 2 rings (SSSR count). The summed E-state index contributed by atoms with van der Waals surface area (Å²) in [5, 5.41) is 0. The van der Waals surface area contributed by atoms with E-state index in [0.29, 0.717) is 5.56 Å². The first-order valence-corrected chi connectivity index (χ1v) is 8.77. The molecule has 1 fully saturated rings. The number of nitrogens with zero attached hydrogens (tertiary/aromatic N) is 1. The van der Waals surface area contributed by atoms with Crippen LogP contribution >= 0.6 is 0 Å². The number of carbonyl (C=O) groups is 1. The Morgan fingerprint density at radius 1 is 1.19 bits per heavy atom. The molecule has 5 nitrogen and oxygen atoms in total. The van der Waals surface area contributed by atoms with Crippen LogP contribution in [0.25, 0.3) is 0 Å². The lowest BCUT2D eigenvalue weighted by Crippen LogP contribution is -2.48. The molecule has 0 radical (unpaired) electrons. The minimum absolute atomic E-state index is 0.146. The minimum atomic E-state index is -3.67. The highest BCUT2D eigenvalue weighted by atomic mass is 32.2. The zero-order valence-electron chi connectivity index (χ0n) is 12.5. The van der Waals surface area contributed by atoms with E-state index in [1.165, 1.54) is 0 Å². The number of aryl methyl sites for hydroxylation is 1. The molecular weight excluding hydrogens is 288 g/mol. The number of hydrogen-bond donors (Lipinski definition) is 1. The lowest BCUT2D eigenvalue weighted by atomic mass is 10.1. The zero-order chi connectivity index (χ0) is 15.5. The number of rotatable bonds is 4. The molecule has 0 spiro atoms. The van der Waals surface area contributed by atoms with Gasteiger partial charge in [-0.1, -0.05) is 18.2 Å². The second-order valence-corrected chi connectivity index (χ2v) is 7.18. The van der Waals surface area contributed by atoms with E-state index in [2.05, 4.69) is 4.72 Å². The van der Waals surface area contributed by atoms with Gasteiger partial charge in [-0.3, -0.25) is 4.79 Å². The third-order valence-electron chi connectivity index (χ3n) is 3.75. The van der Waals surface area contributed by atoms with Crippen molar-refractivity contribution in [2.45, 2.75) is 44.0 Å². The van der Waals surface area contributed by atoms with Crippen molar-refractivity contribution in [2.24, 2.45) is 0 Å². The van der Waals surface area contributed by atoms with Crippen LogP contribution in [0.1, 0.15) is 31.7 Å². The Hall–Kier alpha value is -1.40. The second kappa shape index (κ2) is 6.58. The van der Waals surface area contributed by atoms with Gasteiger partial charge in [0.05, 0.1) is 10.9 Å². The maximum Gasteiger partial charge on any atom is 0.241 e. The number of likely N-dealkylation sites (tertiary alicyclic amines) is 1. The normalized spacial score (nSPS) is 17.5. The summed E-state index contributed by atoms with van der Waals surface area (Å²) in [6.07, 6.45) is 3.11. The molecule has 21 heavy (non-hydrogen) atoms. The van der Waals surface area contributed by atoms with E-state index in [1.807, 2.05) is 0 Å². The van der Waals surface area contributed by atoms with Crippen LogP contribution in [0.2, 0.25) is 0 Å². The molecule has 116 valence electrons. The van der Waals surface area contributed by atoms with Gasteiger partial charge >= 0.3 is 0 Å². The highest BCUT2D eigenvalue weighted by molar-refractivity contribution is 7.89. The first-order chi connectivity index (χ1) is 9.92. The van der Waals surface area contributed by atoms with E-state index < -0.39 is 16.1 Å². The molecule has 0 bridgehead atoms. The highest BCUT2D eigenvalue weighted by Gasteiger charge is 2.27. The predicted molar refractivity (Wildman–Crippen MR) is 81.4 cm³/mol. The molecule has 1 unspecified atom stereocenters. The average molecular weight is 310 g/mol. The van der Waals surface area contributed by atoms with Crippen molar-refractivity contribution in [1.82, 2.24) is 9.62 Å². The Kier molecular flexibility index (Phi) is 5.00. The van der Waals surface area contributed by atoms with Gasteiger partial charge in [-0.05, 0) is 44.7 Å². The minimum Gasteiger partial charge on any atom is -0.341 e. The van der Waals surface area contributed by atoms with Crippen molar-refractivity contribution in [3.8, 4) is 0 Å². The van der Waals surface area contributed by atoms with Crippen LogP contribution in [0.15, 0.2) is 29.2 Å². The molecule has 0 aliphatic carbocycles. The Morgan fingerprint density at radius 2 is 1.81 bits per heavy atom. The first-order valence-electron chi connectivity index (χ1n) is 7.28. The third-order valence-corrected chi connectivity index (χ3v) is 5.45. The fourth-order valence-electron chi connectivity index (χ4n) is 2.59. The standard InChI is InChI=1S/C15H22N2O3S/c1-12-8-4-5-9-14(12)21(19,20)16-13(2)15(18)17-10-6-3-7-11-17/h4-5,8-9,13,16H,3,6-7,10-11H2,1-2H3. The Balaban J connectivity index is 2.09. The van der Waals surface area contributed by atoms with Gasteiger partial charge < -0.3 is 4.90 Å². The predicted octanol–water partition coefficient (Wildman–Crippen LogP) is 1.67. The summed E-state index contributed by atoms with van der Waals surface area (Å²) >= 11 is 0. The summed E-state index contributed by atoms with van der Waals surface area (Å²) in [7, 11) is -3.67. The van der Waals surface area contributed by atoms with Gasteiger partial charge in [0, 0.05) is 13.1 Å². The van der Waals surface area contributed by atoms with Crippen molar-refractivity contribution < 1.29 is 13.2 Å². The molecule has 1 aromatic carbocycles. The molecule has 0 saturated carbocycles. The summed E-state index contributed by atoms with van der Waals surface area (Å²) in [6.45, 7) is 4.78. The van der Waals surface area contributed by atoms with Gasteiger partial charge in [-0.25, -0.2) is 8.42 Å². The number of benzene rings is 1. The van der Waals surface area contributed by atoms with Crippen molar-refractivity contribution in [1.29, 1.82) is 0 Å². The van der Waals surface area contributed by atoms with Crippen LogP contribution in [0, 0.1) is 6.92 Å². The van der Waals surface area contributed by atoms with Crippen LogP contribution in [-0.4, -0.2) is 38.4 Å². The Bertz CT molecular complexity index is 607. The molecule has 1 atom stereocenters. The van der Waals surface area contributed by atoms with Crippen LogP contribution in [0.5, 0.6) is 0 Å². The molecule has 1 N–H and O–H groups in total. The fourth-order valence-corrected chi connectivity index (χ4v) is 4.04. The second-order valence-electron chi connectivity index (χ2n) is 5.49. The van der Waals surface area contributed by atoms with E-state index in [0.717, 1.165) is 32.4 Å². The monoisotopic (exact) mass is 310 g/mol. The molecule has 1 heterocycles. The summed E-state index contributed by atoms with van der Waals surface area (Å²) in [5.41, 5.74) is 0.669. The quantitative estimate of drug-likeness (QED) is 0.920.